The highest BCUT2D eigenvalue weighted by Crippen LogP contribution is 2.29. The molecule has 17 heavy (non-hydrogen) atoms. The van der Waals surface area contributed by atoms with Crippen LogP contribution < -0.4 is 5.32 Å². The Balaban J connectivity index is 2.18. The van der Waals surface area contributed by atoms with Crippen LogP contribution in [-0.4, -0.2) is 22.5 Å². The SMILES string of the molecule is CSC(C)(C)CNc1nc2c(C)cccc2s1. The second kappa shape index (κ2) is 4.86. The molecule has 4 heteroatoms. The van der Waals surface area contributed by atoms with Crippen molar-refractivity contribution in [1.29, 1.82) is 0 Å². The molecule has 0 aliphatic rings. The van der Waals surface area contributed by atoms with E-state index in [0.717, 1.165) is 17.2 Å². The van der Waals surface area contributed by atoms with Crippen molar-refractivity contribution in [3.05, 3.63) is 23.8 Å². The van der Waals surface area contributed by atoms with Gasteiger partial charge in [0, 0.05) is 11.3 Å². The van der Waals surface area contributed by atoms with Crippen molar-refractivity contribution in [2.75, 3.05) is 18.1 Å². The summed E-state index contributed by atoms with van der Waals surface area (Å²) in [7, 11) is 0. The highest BCUT2D eigenvalue weighted by molar-refractivity contribution is 7.99. The molecule has 1 N–H and O–H groups in total. The third-order valence-electron chi connectivity index (χ3n) is 2.84. The van der Waals surface area contributed by atoms with Crippen LogP contribution in [0.25, 0.3) is 10.2 Å². The molecule has 1 heterocycles. The largest absolute Gasteiger partial charge is 0.360 e. The monoisotopic (exact) mass is 266 g/mol. The fourth-order valence-corrected chi connectivity index (χ4v) is 2.68. The summed E-state index contributed by atoms with van der Waals surface area (Å²) < 4.78 is 1.50. The predicted molar refractivity (Wildman–Crippen MR) is 80.4 cm³/mol. The minimum atomic E-state index is 0.243. The molecule has 0 aliphatic heterocycles. The Kier molecular flexibility index (Phi) is 3.64. The maximum absolute atomic E-state index is 4.65. The summed E-state index contributed by atoms with van der Waals surface area (Å²) in [6.45, 7) is 7.52. The van der Waals surface area contributed by atoms with E-state index in [1.54, 1.807) is 11.3 Å². The number of thioether (sulfide) groups is 1. The van der Waals surface area contributed by atoms with Crippen LogP contribution in [0.4, 0.5) is 5.13 Å². The van der Waals surface area contributed by atoms with Crippen LogP contribution in [0.3, 0.4) is 0 Å². The molecule has 0 bridgehead atoms. The summed E-state index contributed by atoms with van der Waals surface area (Å²) in [5.41, 5.74) is 2.37. The van der Waals surface area contributed by atoms with Gasteiger partial charge < -0.3 is 5.32 Å². The van der Waals surface area contributed by atoms with E-state index in [9.17, 15) is 0 Å². The summed E-state index contributed by atoms with van der Waals surface area (Å²) in [6.07, 6.45) is 2.14. The van der Waals surface area contributed by atoms with E-state index in [1.807, 2.05) is 11.8 Å². The third-order valence-corrected chi connectivity index (χ3v) is 5.07. The van der Waals surface area contributed by atoms with Gasteiger partial charge in [-0.1, -0.05) is 23.5 Å². The molecule has 2 nitrogen and oxygen atoms in total. The lowest BCUT2D eigenvalue weighted by Crippen LogP contribution is -2.25. The standard InChI is InChI=1S/C13H18N2S2/c1-9-6-5-7-10-11(9)15-12(17-10)14-8-13(2,3)16-4/h5-7H,8H2,1-4H3,(H,14,15). The molecular weight excluding hydrogens is 248 g/mol. The first-order valence-corrected chi connectivity index (χ1v) is 7.71. The van der Waals surface area contributed by atoms with Crippen molar-refractivity contribution in [2.45, 2.75) is 25.5 Å². The van der Waals surface area contributed by atoms with Gasteiger partial charge in [0.1, 0.15) is 0 Å². The van der Waals surface area contributed by atoms with E-state index in [-0.39, 0.29) is 4.75 Å². The molecule has 2 aromatic rings. The fourth-order valence-electron chi connectivity index (χ4n) is 1.52. The number of fused-ring (bicyclic) bond motifs is 1. The predicted octanol–water partition coefficient (Wildman–Crippen LogP) is 4.16. The molecule has 0 amide bonds. The van der Waals surface area contributed by atoms with Crippen LogP contribution in [0.5, 0.6) is 0 Å². The van der Waals surface area contributed by atoms with Gasteiger partial charge in [0.25, 0.3) is 0 Å². The maximum Gasteiger partial charge on any atom is 0.183 e. The van der Waals surface area contributed by atoms with Gasteiger partial charge in [0.15, 0.2) is 5.13 Å². The van der Waals surface area contributed by atoms with Crippen molar-refractivity contribution in [3.63, 3.8) is 0 Å². The zero-order chi connectivity index (χ0) is 12.5. The molecule has 1 aromatic heterocycles. The average Bonchev–Trinajstić information content (AvgIpc) is 2.71. The number of hydrogen-bond donors (Lipinski definition) is 1. The quantitative estimate of drug-likeness (QED) is 0.899. The number of nitrogens with zero attached hydrogens (tertiary/aromatic N) is 1. The normalized spacial score (nSPS) is 12.0. The molecule has 92 valence electrons. The summed E-state index contributed by atoms with van der Waals surface area (Å²) in [6, 6.07) is 6.33. The topological polar surface area (TPSA) is 24.9 Å². The number of anilines is 1. The Hall–Kier alpha value is -0.740. The number of hydrogen-bond acceptors (Lipinski definition) is 4. The smallest absolute Gasteiger partial charge is 0.183 e. The Morgan fingerprint density at radius 1 is 1.41 bits per heavy atom. The third kappa shape index (κ3) is 2.93. The number of aromatic nitrogens is 1. The van der Waals surface area contributed by atoms with Crippen molar-refractivity contribution in [1.82, 2.24) is 4.98 Å². The summed E-state index contributed by atoms with van der Waals surface area (Å²) in [5.74, 6) is 0. The van der Waals surface area contributed by atoms with Gasteiger partial charge in [-0.3, -0.25) is 0 Å². The Morgan fingerprint density at radius 2 is 2.18 bits per heavy atom. The summed E-state index contributed by atoms with van der Waals surface area (Å²) >= 11 is 3.60. The lowest BCUT2D eigenvalue weighted by molar-refractivity contribution is 0.752. The molecule has 1 aromatic carbocycles. The van der Waals surface area contributed by atoms with Gasteiger partial charge in [-0.15, -0.1) is 0 Å². The van der Waals surface area contributed by atoms with E-state index in [0.29, 0.717) is 0 Å². The van der Waals surface area contributed by atoms with Crippen LogP contribution in [-0.2, 0) is 0 Å². The van der Waals surface area contributed by atoms with Crippen LogP contribution in [0.2, 0.25) is 0 Å². The molecule has 0 fully saturated rings. The van der Waals surface area contributed by atoms with Gasteiger partial charge >= 0.3 is 0 Å². The Labute approximate surface area is 111 Å². The van der Waals surface area contributed by atoms with E-state index >= 15 is 0 Å². The van der Waals surface area contributed by atoms with Gasteiger partial charge in [-0.25, -0.2) is 4.98 Å². The van der Waals surface area contributed by atoms with Crippen molar-refractivity contribution in [2.24, 2.45) is 0 Å². The maximum atomic E-state index is 4.65. The molecule has 0 unspecified atom stereocenters. The minimum absolute atomic E-state index is 0.243. The highest BCUT2D eigenvalue weighted by atomic mass is 32.2. The Morgan fingerprint density at radius 3 is 2.82 bits per heavy atom. The average molecular weight is 266 g/mol. The zero-order valence-corrected chi connectivity index (χ0v) is 12.3. The first-order chi connectivity index (χ1) is 8.02. The van der Waals surface area contributed by atoms with Gasteiger partial charge in [0.05, 0.1) is 10.2 Å². The molecule has 0 spiro atoms. The first-order valence-electron chi connectivity index (χ1n) is 5.67. The second-order valence-corrected chi connectivity index (χ2v) is 7.30. The van der Waals surface area contributed by atoms with Crippen LogP contribution >= 0.6 is 23.1 Å². The van der Waals surface area contributed by atoms with E-state index in [2.05, 4.69) is 55.5 Å². The number of aryl methyl sites for hydroxylation is 1. The molecule has 0 saturated heterocycles. The van der Waals surface area contributed by atoms with Gasteiger partial charge in [0.2, 0.25) is 0 Å². The zero-order valence-electron chi connectivity index (χ0n) is 10.7. The molecule has 0 radical (unpaired) electrons. The van der Waals surface area contributed by atoms with Crippen molar-refractivity contribution >= 4 is 38.4 Å². The van der Waals surface area contributed by atoms with Crippen molar-refractivity contribution < 1.29 is 0 Å². The Bertz CT molecular complexity index is 517. The molecule has 0 aliphatic carbocycles. The fraction of sp³-hybridized carbons (Fsp3) is 0.462. The van der Waals surface area contributed by atoms with Crippen LogP contribution in [0.15, 0.2) is 18.2 Å². The van der Waals surface area contributed by atoms with Gasteiger partial charge in [-0.05, 0) is 38.7 Å². The van der Waals surface area contributed by atoms with E-state index in [1.165, 1.54) is 10.3 Å². The van der Waals surface area contributed by atoms with E-state index in [4.69, 9.17) is 0 Å². The summed E-state index contributed by atoms with van der Waals surface area (Å²) in [4.78, 5) is 4.65. The number of nitrogens with one attached hydrogen (secondary N) is 1. The van der Waals surface area contributed by atoms with Crippen LogP contribution in [0, 0.1) is 6.92 Å². The number of para-hydroxylation sites is 1. The lowest BCUT2D eigenvalue weighted by Gasteiger charge is -2.21. The first kappa shape index (κ1) is 12.7. The molecule has 2 rings (SSSR count). The van der Waals surface area contributed by atoms with Gasteiger partial charge in [-0.2, -0.15) is 11.8 Å². The molecule has 0 atom stereocenters. The number of thiazole rings is 1. The number of rotatable bonds is 4. The van der Waals surface area contributed by atoms with Crippen molar-refractivity contribution in [3.8, 4) is 0 Å². The lowest BCUT2D eigenvalue weighted by atomic mass is 10.2. The van der Waals surface area contributed by atoms with Crippen LogP contribution in [0.1, 0.15) is 19.4 Å². The molecule has 0 saturated carbocycles. The number of benzene rings is 1. The molecular formula is C13H18N2S2. The van der Waals surface area contributed by atoms with E-state index < -0.39 is 0 Å². The summed E-state index contributed by atoms with van der Waals surface area (Å²) in [5, 5.41) is 4.46. The highest BCUT2D eigenvalue weighted by Gasteiger charge is 2.16. The minimum Gasteiger partial charge on any atom is -0.360 e. The second-order valence-electron chi connectivity index (χ2n) is 4.76.